The Morgan fingerprint density at radius 2 is 0.712 bits per heavy atom. The molecule has 18 nitrogen and oxygen atoms in total. The number of benzene rings is 5. The number of carbonyl (C=O) groups excluding carboxylic acids is 4. The van der Waals surface area contributed by atoms with Crippen molar-refractivity contribution in [3.05, 3.63) is 131 Å². The first-order valence-corrected chi connectivity index (χ1v) is 24.4. The molecule has 0 heterocycles. The number of nitrogens with two attached hydrogens (primary N) is 2. The van der Waals surface area contributed by atoms with Crippen molar-refractivity contribution in [2.45, 2.75) is 41.5 Å². The van der Waals surface area contributed by atoms with Crippen molar-refractivity contribution in [3.8, 4) is 23.0 Å². The quantitative estimate of drug-likeness (QED) is 0.0201. The molecule has 5 aromatic rings. The minimum atomic E-state index is -3.83. The molecule has 5 aromatic carbocycles. The highest BCUT2D eigenvalue weighted by Crippen LogP contribution is 2.33. The fraction of sp³-hybridized carbons (Fsp3) is 0.261. The SMILES string of the molecule is CCO[Si](OCC)(OCC)Oc1cc(C(=O)Oc2ccc(OC(=O)c3ccc(NC(=O)c4ccc(N)cc4)c(O[Si](OCC)(OCC)OCC)c3)cc2)ccc1NC(=O)c1ccc(N)cc1. The van der Waals surface area contributed by atoms with Gasteiger partial charge in [-0.2, -0.15) is 0 Å². The first-order chi connectivity index (χ1) is 31.8. The third kappa shape index (κ3) is 13.7. The highest BCUT2D eigenvalue weighted by molar-refractivity contribution is 6.55. The van der Waals surface area contributed by atoms with E-state index in [9.17, 15) is 19.2 Å². The van der Waals surface area contributed by atoms with Crippen LogP contribution in [0.2, 0.25) is 0 Å². The molecule has 0 saturated heterocycles. The van der Waals surface area contributed by atoms with E-state index in [1.165, 1.54) is 60.7 Å². The molecule has 0 spiro atoms. The molecule has 6 N–H and O–H groups in total. The van der Waals surface area contributed by atoms with Crippen LogP contribution in [-0.2, 0) is 26.6 Å². The normalized spacial score (nSPS) is 11.4. The van der Waals surface area contributed by atoms with Crippen molar-refractivity contribution in [1.82, 2.24) is 0 Å². The van der Waals surface area contributed by atoms with Gasteiger partial charge in [0.2, 0.25) is 0 Å². The van der Waals surface area contributed by atoms with Gasteiger partial charge in [-0.15, -0.1) is 0 Å². The van der Waals surface area contributed by atoms with Crippen molar-refractivity contribution < 1.29 is 64.1 Å². The second-order valence-corrected chi connectivity index (χ2v) is 17.8. The maximum atomic E-state index is 13.6. The van der Waals surface area contributed by atoms with Crippen LogP contribution in [-0.4, -0.2) is 81.5 Å². The number of ether oxygens (including phenoxy) is 2. The number of esters is 2. The summed E-state index contributed by atoms with van der Waals surface area (Å²) in [6.07, 6.45) is 0. The lowest BCUT2D eigenvalue weighted by Gasteiger charge is -2.28. The predicted molar refractivity (Wildman–Crippen MR) is 249 cm³/mol. The van der Waals surface area contributed by atoms with Gasteiger partial charge in [0.1, 0.15) is 23.0 Å². The lowest BCUT2D eigenvalue weighted by molar-refractivity contribution is 0.00884. The molecule has 0 fully saturated rings. The first kappa shape index (κ1) is 50.4. The molecule has 20 heteroatoms. The number of anilines is 4. The van der Waals surface area contributed by atoms with Crippen molar-refractivity contribution in [2.75, 3.05) is 61.7 Å². The number of amides is 2. The number of hydrogen-bond acceptors (Lipinski definition) is 16. The van der Waals surface area contributed by atoms with Crippen LogP contribution in [0.4, 0.5) is 22.7 Å². The molecule has 0 aromatic heterocycles. The van der Waals surface area contributed by atoms with Crippen LogP contribution in [0.1, 0.15) is 83.0 Å². The second kappa shape index (κ2) is 24.1. The molecule has 0 saturated carbocycles. The van der Waals surface area contributed by atoms with Crippen LogP contribution in [0.3, 0.4) is 0 Å². The van der Waals surface area contributed by atoms with Crippen LogP contribution in [0.15, 0.2) is 109 Å². The maximum Gasteiger partial charge on any atom is 0.749 e. The number of hydrogen-bond donors (Lipinski definition) is 4. The van der Waals surface area contributed by atoms with Gasteiger partial charge < -0.3 is 67.0 Å². The highest BCUT2D eigenvalue weighted by Gasteiger charge is 2.49. The van der Waals surface area contributed by atoms with Crippen LogP contribution in [0.5, 0.6) is 23.0 Å². The Morgan fingerprint density at radius 3 is 1.00 bits per heavy atom. The van der Waals surface area contributed by atoms with Gasteiger partial charge >= 0.3 is 30.0 Å². The Labute approximate surface area is 385 Å². The topological polar surface area (TPSA) is 237 Å². The molecule has 0 unspecified atom stereocenters. The van der Waals surface area contributed by atoms with E-state index in [1.807, 2.05) is 0 Å². The molecular formula is C46H54N4O14Si2. The summed E-state index contributed by atoms with van der Waals surface area (Å²) in [4.78, 5) is 53.6. The molecule has 66 heavy (non-hydrogen) atoms. The lowest BCUT2D eigenvalue weighted by Crippen LogP contribution is -2.52. The largest absolute Gasteiger partial charge is 0.749 e. The Hall–Kier alpha value is -6.63. The average Bonchev–Trinajstić information content (AvgIpc) is 3.29. The molecule has 2 amide bonds. The van der Waals surface area contributed by atoms with Gasteiger partial charge in [-0.1, -0.05) is 0 Å². The van der Waals surface area contributed by atoms with Crippen molar-refractivity contribution in [3.63, 3.8) is 0 Å². The Morgan fingerprint density at radius 1 is 0.424 bits per heavy atom. The van der Waals surface area contributed by atoms with Crippen LogP contribution in [0.25, 0.3) is 0 Å². The number of carbonyl (C=O) groups is 4. The summed E-state index contributed by atoms with van der Waals surface area (Å²) in [7, 11) is -7.67. The summed E-state index contributed by atoms with van der Waals surface area (Å²) in [6.45, 7) is 11.7. The molecule has 350 valence electrons. The van der Waals surface area contributed by atoms with E-state index in [4.69, 9.17) is 56.3 Å². The molecule has 0 aliphatic heterocycles. The van der Waals surface area contributed by atoms with E-state index in [0.29, 0.717) is 22.5 Å². The van der Waals surface area contributed by atoms with Gasteiger partial charge in [0.05, 0.1) is 22.5 Å². The third-order valence-electron chi connectivity index (χ3n) is 8.92. The summed E-state index contributed by atoms with van der Waals surface area (Å²) < 4.78 is 59.2. The number of nitrogens with one attached hydrogen (secondary N) is 2. The molecule has 0 atom stereocenters. The zero-order valence-electron chi connectivity index (χ0n) is 37.5. The van der Waals surface area contributed by atoms with Gasteiger partial charge in [-0.05, 0) is 151 Å². The summed E-state index contributed by atoms with van der Waals surface area (Å²) in [5, 5.41) is 5.61. The van der Waals surface area contributed by atoms with Crippen molar-refractivity contribution in [1.29, 1.82) is 0 Å². The zero-order chi connectivity index (χ0) is 47.7. The van der Waals surface area contributed by atoms with Gasteiger partial charge in [-0.3, -0.25) is 9.59 Å². The lowest BCUT2D eigenvalue weighted by atomic mass is 10.1. The van der Waals surface area contributed by atoms with Gasteiger partial charge in [-0.25, -0.2) is 9.59 Å². The molecular weight excluding hydrogens is 889 g/mol. The Kier molecular flexibility index (Phi) is 18.4. The van der Waals surface area contributed by atoms with E-state index in [0.717, 1.165) is 0 Å². The van der Waals surface area contributed by atoms with Crippen molar-refractivity contribution >= 4 is 64.6 Å². The molecule has 0 bridgehead atoms. The number of nitrogen functional groups attached to an aromatic ring is 2. The third-order valence-corrected chi connectivity index (χ3v) is 13.7. The van der Waals surface area contributed by atoms with Crippen LogP contribution >= 0.6 is 0 Å². The minimum absolute atomic E-state index is 0.0324. The van der Waals surface area contributed by atoms with Crippen LogP contribution in [0, 0.1) is 0 Å². The van der Waals surface area contributed by atoms with Crippen LogP contribution < -0.4 is 40.4 Å². The Balaban J connectivity index is 1.36. The van der Waals surface area contributed by atoms with Gasteiger partial charge in [0, 0.05) is 62.1 Å². The van der Waals surface area contributed by atoms with Gasteiger partial charge in [0.25, 0.3) is 11.8 Å². The van der Waals surface area contributed by atoms with E-state index in [-0.39, 0.29) is 85.1 Å². The molecule has 0 radical (unpaired) electrons. The van der Waals surface area contributed by atoms with E-state index >= 15 is 0 Å². The van der Waals surface area contributed by atoms with E-state index in [2.05, 4.69) is 10.6 Å². The summed E-state index contributed by atoms with van der Waals surface area (Å²) in [5.74, 6) is -2.19. The van der Waals surface area contributed by atoms with E-state index < -0.39 is 41.8 Å². The second-order valence-electron chi connectivity index (χ2n) is 13.6. The fourth-order valence-corrected chi connectivity index (χ4v) is 9.85. The first-order valence-electron chi connectivity index (χ1n) is 21.2. The smallest absolute Gasteiger partial charge is 0.478 e. The maximum absolute atomic E-state index is 13.6. The molecule has 0 aliphatic rings. The number of rotatable bonds is 24. The standard InChI is InChI=1S/C46H54N4O14Si2/c1-7-55-65(56-8-2,57-9-3)63-41-29-33(17-27-39(41)49-43(51)31-13-19-35(47)20-14-31)45(53)61-37-23-25-38(26-24-37)62-46(54)34-18-28-40(50-44(52)32-15-21-36(48)22-16-32)42(30-34)64-66(58-10-4,59-11-5)60-12-6/h13-30H,7-12,47-48H2,1-6H3,(H,49,51)(H,50,52). The predicted octanol–water partition coefficient (Wildman–Crippen LogP) is 7.64. The summed E-state index contributed by atoms with van der Waals surface area (Å²) in [5.41, 5.74) is 13.7. The summed E-state index contributed by atoms with van der Waals surface area (Å²) >= 11 is 0. The van der Waals surface area contributed by atoms with Crippen molar-refractivity contribution in [2.24, 2.45) is 0 Å². The average molecular weight is 943 g/mol. The van der Waals surface area contributed by atoms with Gasteiger partial charge in [0.15, 0.2) is 0 Å². The monoisotopic (exact) mass is 942 g/mol. The molecule has 5 rings (SSSR count). The van der Waals surface area contributed by atoms with E-state index in [1.54, 1.807) is 90.1 Å². The minimum Gasteiger partial charge on any atom is -0.478 e. The zero-order valence-corrected chi connectivity index (χ0v) is 39.5. The summed E-state index contributed by atoms with van der Waals surface area (Å²) in [6, 6.07) is 27.1. The molecule has 0 aliphatic carbocycles. The Bertz CT molecular complexity index is 2220. The highest BCUT2D eigenvalue weighted by atomic mass is 28.4. The fourth-order valence-electron chi connectivity index (χ4n) is 6.00.